The van der Waals surface area contributed by atoms with E-state index in [1.165, 1.54) is 4.68 Å². The molecule has 0 spiro atoms. The molecule has 0 bridgehead atoms. The highest BCUT2D eigenvalue weighted by molar-refractivity contribution is 9.10. The number of imidazole rings is 1. The molecule has 1 aromatic carbocycles. The molecule has 3 aromatic rings. The third kappa shape index (κ3) is 3.94. The van der Waals surface area contributed by atoms with Crippen molar-refractivity contribution in [2.24, 2.45) is 9.98 Å². The molecule has 0 aliphatic carbocycles. The van der Waals surface area contributed by atoms with Crippen molar-refractivity contribution >= 4 is 45.1 Å². The Morgan fingerprint density at radius 3 is 2.89 bits per heavy atom. The molecule has 0 aliphatic rings. The lowest BCUT2D eigenvalue weighted by atomic mass is 10.1. The van der Waals surface area contributed by atoms with Crippen LogP contribution in [-0.4, -0.2) is 38.3 Å². The second kappa shape index (κ2) is 8.76. The van der Waals surface area contributed by atoms with Crippen molar-refractivity contribution in [1.29, 1.82) is 0 Å². The number of halogens is 1. The lowest BCUT2D eigenvalue weighted by Gasteiger charge is -2.06. The Labute approximate surface area is 171 Å². The van der Waals surface area contributed by atoms with Crippen LogP contribution in [0.2, 0.25) is 0 Å². The number of hydrogen-bond acceptors (Lipinski definition) is 5. The van der Waals surface area contributed by atoms with Gasteiger partial charge in [0.25, 0.3) is 5.56 Å². The Morgan fingerprint density at radius 2 is 2.14 bits per heavy atom. The molecule has 0 aliphatic heterocycles. The number of fused-ring (bicyclic) bond motifs is 1. The lowest BCUT2D eigenvalue weighted by Crippen LogP contribution is -2.25. The topological polar surface area (TPSA) is 77.4 Å². The molecule has 28 heavy (non-hydrogen) atoms. The zero-order chi connectivity index (χ0) is 20.1. The Balaban J connectivity index is 1.86. The third-order valence-electron chi connectivity index (χ3n) is 4.24. The van der Waals surface area contributed by atoms with Crippen molar-refractivity contribution in [3.05, 3.63) is 51.1 Å². The van der Waals surface area contributed by atoms with Gasteiger partial charge in [-0.15, -0.1) is 5.92 Å². The molecule has 0 N–H and O–H groups in total. The first-order chi connectivity index (χ1) is 13.6. The zero-order valence-corrected chi connectivity index (χ0v) is 17.3. The summed E-state index contributed by atoms with van der Waals surface area (Å²) in [7, 11) is 0. The fraction of sp³-hybridized carbons (Fsp3) is 0.250. The molecule has 0 radical (unpaired) electrons. The van der Waals surface area contributed by atoms with Crippen molar-refractivity contribution < 1.29 is 0 Å². The predicted molar refractivity (Wildman–Crippen MR) is 116 cm³/mol. The summed E-state index contributed by atoms with van der Waals surface area (Å²) in [6.07, 6.45) is 1.59. The standard InChI is InChI=1S/C20H19BrN6O/c1-4-5-11-26-18-17(25-20(26)21)13-24-27(19(18)28)12-10-23-14(2)15-8-6-7-9-16(15)22-3/h6-9,13H,3,10-12H2,1-2H3. The first-order valence-corrected chi connectivity index (χ1v) is 9.44. The summed E-state index contributed by atoms with van der Waals surface area (Å²) in [5, 5.41) is 4.22. The van der Waals surface area contributed by atoms with Gasteiger partial charge in [-0.1, -0.05) is 24.1 Å². The average molecular weight is 439 g/mol. The number of nitrogens with zero attached hydrogens (tertiary/aromatic N) is 6. The van der Waals surface area contributed by atoms with Gasteiger partial charge in [-0.05, 0) is 42.6 Å². The first-order valence-electron chi connectivity index (χ1n) is 8.65. The largest absolute Gasteiger partial charge is 0.302 e. The molecular formula is C20H19BrN6O. The van der Waals surface area contributed by atoms with Gasteiger partial charge in [0.1, 0.15) is 11.0 Å². The number of aliphatic imine (C=N–C) groups is 2. The summed E-state index contributed by atoms with van der Waals surface area (Å²) >= 11 is 3.38. The third-order valence-corrected chi connectivity index (χ3v) is 4.85. The van der Waals surface area contributed by atoms with E-state index < -0.39 is 0 Å². The van der Waals surface area contributed by atoms with Crippen LogP contribution in [0.4, 0.5) is 5.69 Å². The molecule has 0 saturated carbocycles. The molecular weight excluding hydrogens is 420 g/mol. The number of para-hydroxylation sites is 1. The highest BCUT2D eigenvalue weighted by Gasteiger charge is 2.14. The number of hydrogen-bond donors (Lipinski definition) is 0. The molecule has 0 saturated heterocycles. The van der Waals surface area contributed by atoms with Crippen LogP contribution in [0.25, 0.3) is 11.0 Å². The smallest absolute Gasteiger partial charge is 0.293 e. The maximum Gasteiger partial charge on any atom is 0.293 e. The molecule has 8 heteroatoms. The van der Waals surface area contributed by atoms with Crippen molar-refractivity contribution in [3.8, 4) is 11.8 Å². The summed E-state index contributed by atoms with van der Waals surface area (Å²) in [6.45, 7) is 8.42. The molecule has 0 atom stereocenters. The van der Waals surface area contributed by atoms with Gasteiger partial charge < -0.3 is 4.57 Å². The normalized spacial score (nSPS) is 11.3. The average Bonchev–Trinajstić information content (AvgIpc) is 3.03. The van der Waals surface area contributed by atoms with E-state index >= 15 is 0 Å². The van der Waals surface area contributed by atoms with Crippen LogP contribution in [-0.2, 0) is 13.1 Å². The van der Waals surface area contributed by atoms with Crippen LogP contribution in [0.1, 0.15) is 19.4 Å². The van der Waals surface area contributed by atoms with Crippen LogP contribution in [0, 0.1) is 11.8 Å². The van der Waals surface area contributed by atoms with E-state index in [-0.39, 0.29) is 5.56 Å². The van der Waals surface area contributed by atoms with Crippen molar-refractivity contribution in [3.63, 3.8) is 0 Å². The van der Waals surface area contributed by atoms with E-state index in [9.17, 15) is 4.79 Å². The summed E-state index contributed by atoms with van der Waals surface area (Å²) in [6, 6.07) is 7.68. The molecule has 0 amide bonds. The minimum Gasteiger partial charge on any atom is -0.302 e. The van der Waals surface area contributed by atoms with E-state index in [1.54, 1.807) is 17.7 Å². The fourth-order valence-corrected chi connectivity index (χ4v) is 3.33. The van der Waals surface area contributed by atoms with Crippen LogP contribution in [0.3, 0.4) is 0 Å². The SMILES string of the molecule is C=Nc1ccccc1C(C)=NCCn1ncc2nc(Br)n(CC#CC)c2c1=O. The van der Waals surface area contributed by atoms with Gasteiger partial charge in [0.05, 0.1) is 31.5 Å². The summed E-state index contributed by atoms with van der Waals surface area (Å²) in [4.78, 5) is 25.8. The number of rotatable bonds is 6. The maximum absolute atomic E-state index is 12.9. The highest BCUT2D eigenvalue weighted by Crippen LogP contribution is 2.19. The van der Waals surface area contributed by atoms with Gasteiger partial charge in [0, 0.05) is 11.3 Å². The summed E-state index contributed by atoms with van der Waals surface area (Å²) < 4.78 is 3.71. The van der Waals surface area contributed by atoms with Crippen LogP contribution in [0.5, 0.6) is 0 Å². The highest BCUT2D eigenvalue weighted by atomic mass is 79.9. The zero-order valence-electron chi connectivity index (χ0n) is 15.7. The fourth-order valence-electron chi connectivity index (χ4n) is 2.83. The minimum atomic E-state index is -0.213. The quantitative estimate of drug-likeness (QED) is 0.437. The van der Waals surface area contributed by atoms with Crippen LogP contribution >= 0.6 is 15.9 Å². The van der Waals surface area contributed by atoms with E-state index in [0.717, 1.165) is 17.0 Å². The van der Waals surface area contributed by atoms with Gasteiger partial charge in [-0.25, -0.2) is 9.67 Å². The predicted octanol–water partition coefficient (Wildman–Crippen LogP) is 3.22. The second-order valence-corrected chi connectivity index (χ2v) is 6.65. The van der Waals surface area contributed by atoms with Crippen molar-refractivity contribution in [2.75, 3.05) is 6.54 Å². The molecule has 142 valence electrons. The van der Waals surface area contributed by atoms with E-state index in [2.05, 4.69) is 54.6 Å². The first kappa shape index (κ1) is 19.7. The van der Waals surface area contributed by atoms with Gasteiger partial charge >= 0.3 is 0 Å². The molecule has 3 rings (SSSR count). The van der Waals surface area contributed by atoms with Crippen molar-refractivity contribution in [2.45, 2.75) is 26.9 Å². The van der Waals surface area contributed by atoms with E-state index in [1.807, 2.05) is 31.2 Å². The van der Waals surface area contributed by atoms with E-state index in [0.29, 0.717) is 35.4 Å². The molecule has 0 fully saturated rings. The Morgan fingerprint density at radius 1 is 1.36 bits per heavy atom. The number of benzene rings is 1. The monoisotopic (exact) mass is 438 g/mol. The number of aromatic nitrogens is 4. The lowest BCUT2D eigenvalue weighted by molar-refractivity contribution is 0.591. The van der Waals surface area contributed by atoms with E-state index in [4.69, 9.17) is 0 Å². The summed E-state index contributed by atoms with van der Waals surface area (Å²) in [5.41, 5.74) is 3.35. The molecule has 7 nitrogen and oxygen atoms in total. The summed E-state index contributed by atoms with van der Waals surface area (Å²) in [5.74, 6) is 5.79. The Kier molecular flexibility index (Phi) is 6.16. The second-order valence-electron chi connectivity index (χ2n) is 5.94. The van der Waals surface area contributed by atoms with Crippen molar-refractivity contribution in [1.82, 2.24) is 19.3 Å². The van der Waals surface area contributed by atoms with Crippen LogP contribution in [0.15, 0.2) is 50.0 Å². The Bertz CT molecular complexity index is 1180. The van der Waals surface area contributed by atoms with Gasteiger partial charge in [0.15, 0.2) is 4.73 Å². The van der Waals surface area contributed by atoms with Crippen LogP contribution < -0.4 is 5.56 Å². The van der Waals surface area contributed by atoms with Gasteiger partial charge in [0.2, 0.25) is 0 Å². The molecule has 2 heterocycles. The van der Waals surface area contributed by atoms with Gasteiger partial charge in [-0.3, -0.25) is 14.8 Å². The molecule has 2 aromatic heterocycles. The molecule has 0 unspecified atom stereocenters. The maximum atomic E-state index is 12.9. The minimum absolute atomic E-state index is 0.213. The Hall–Kier alpha value is -3.05. The van der Waals surface area contributed by atoms with Gasteiger partial charge in [-0.2, -0.15) is 5.10 Å².